The summed E-state index contributed by atoms with van der Waals surface area (Å²) in [5, 5.41) is 15.0. The molecule has 1 aliphatic heterocycles. The van der Waals surface area contributed by atoms with Crippen molar-refractivity contribution in [2.75, 3.05) is 29.9 Å². The number of rotatable bonds is 7. The van der Waals surface area contributed by atoms with E-state index in [9.17, 15) is 19.3 Å². The third-order valence-electron chi connectivity index (χ3n) is 5.32. The lowest BCUT2D eigenvalue weighted by molar-refractivity contribution is -0.380. The molecule has 0 spiro atoms. The van der Waals surface area contributed by atoms with Gasteiger partial charge < -0.3 is 15.0 Å². The standard InChI is InChI=1S/C21H22FN5O4S/c1-2-31-20(28)14-7-9-26(10-8-14)21-24-18(23-12-13-3-5-15(22)6-4-13)16-11-17(27(29)30)32-19(16)25-21/h3-6,11,14H,2,7-10,12H2,1H3,(H,23,24,25). The molecule has 11 heteroatoms. The van der Waals surface area contributed by atoms with Crippen LogP contribution in [0.15, 0.2) is 30.3 Å². The first-order chi connectivity index (χ1) is 15.4. The number of nitro groups is 1. The van der Waals surface area contributed by atoms with Crippen LogP contribution in [0, 0.1) is 21.8 Å². The molecule has 32 heavy (non-hydrogen) atoms. The number of anilines is 2. The summed E-state index contributed by atoms with van der Waals surface area (Å²) in [5.41, 5.74) is 0.847. The smallest absolute Gasteiger partial charge is 0.326 e. The molecular formula is C21H22FN5O4S. The van der Waals surface area contributed by atoms with Gasteiger partial charge in [0.05, 0.1) is 22.8 Å². The maximum Gasteiger partial charge on any atom is 0.326 e. The van der Waals surface area contributed by atoms with Gasteiger partial charge in [-0.25, -0.2) is 9.37 Å². The van der Waals surface area contributed by atoms with E-state index in [4.69, 9.17) is 4.74 Å². The van der Waals surface area contributed by atoms with Crippen LogP contribution in [0.2, 0.25) is 0 Å². The summed E-state index contributed by atoms with van der Waals surface area (Å²) >= 11 is 0.993. The van der Waals surface area contributed by atoms with E-state index in [1.165, 1.54) is 18.2 Å². The van der Waals surface area contributed by atoms with E-state index in [0.29, 0.717) is 61.1 Å². The van der Waals surface area contributed by atoms with Gasteiger partial charge in [-0.3, -0.25) is 14.9 Å². The van der Waals surface area contributed by atoms with E-state index < -0.39 is 4.92 Å². The average Bonchev–Trinajstić information content (AvgIpc) is 3.24. The fraction of sp³-hybridized carbons (Fsp3) is 0.381. The maximum atomic E-state index is 13.2. The van der Waals surface area contributed by atoms with Crippen LogP contribution in [-0.4, -0.2) is 40.6 Å². The summed E-state index contributed by atoms with van der Waals surface area (Å²) in [5.74, 6) is 0.289. The Morgan fingerprint density at radius 2 is 2.03 bits per heavy atom. The highest BCUT2D eigenvalue weighted by atomic mass is 32.1. The van der Waals surface area contributed by atoms with Crippen LogP contribution in [0.4, 0.5) is 21.2 Å². The number of fused-ring (bicyclic) bond motifs is 1. The van der Waals surface area contributed by atoms with Crippen LogP contribution in [-0.2, 0) is 16.1 Å². The lowest BCUT2D eigenvalue weighted by Gasteiger charge is -2.31. The third-order valence-corrected chi connectivity index (χ3v) is 6.30. The first-order valence-electron chi connectivity index (χ1n) is 10.3. The highest BCUT2D eigenvalue weighted by Crippen LogP contribution is 2.36. The number of thiophene rings is 1. The van der Waals surface area contributed by atoms with Crippen LogP contribution in [0.1, 0.15) is 25.3 Å². The molecule has 1 fully saturated rings. The number of nitrogens with zero attached hydrogens (tertiary/aromatic N) is 4. The number of esters is 1. The third kappa shape index (κ3) is 4.77. The summed E-state index contributed by atoms with van der Waals surface area (Å²) in [7, 11) is 0. The molecule has 168 valence electrons. The number of halogens is 1. The molecule has 1 aliphatic rings. The molecule has 1 aromatic carbocycles. The van der Waals surface area contributed by atoms with Crippen LogP contribution >= 0.6 is 11.3 Å². The summed E-state index contributed by atoms with van der Waals surface area (Å²) < 4.78 is 18.3. The van der Waals surface area contributed by atoms with Gasteiger partial charge in [0, 0.05) is 25.7 Å². The molecule has 0 saturated carbocycles. The Bertz CT molecular complexity index is 1130. The summed E-state index contributed by atoms with van der Waals surface area (Å²) in [6.07, 6.45) is 1.26. The summed E-state index contributed by atoms with van der Waals surface area (Å²) in [6.45, 7) is 3.69. The fourth-order valence-corrected chi connectivity index (χ4v) is 4.47. The van der Waals surface area contributed by atoms with Crippen molar-refractivity contribution in [1.82, 2.24) is 9.97 Å². The molecule has 0 amide bonds. The number of carbonyl (C=O) groups is 1. The Balaban J connectivity index is 1.58. The van der Waals surface area contributed by atoms with Crippen molar-refractivity contribution in [3.05, 3.63) is 51.8 Å². The number of carbonyl (C=O) groups excluding carboxylic acids is 1. The topological polar surface area (TPSA) is 110 Å². The molecule has 1 saturated heterocycles. The van der Waals surface area contributed by atoms with Crippen molar-refractivity contribution in [3.8, 4) is 0 Å². The van der Waals surface area contributed by atoms with Gasteiger partial charge in [-0.15, -0.1) is 0 Å². The number of hydrogen-bond donors (Lipinski definition) is 1. The van der Waals surface area contributed by atoms with Gasteiger partial charge in [0.25, 0.3) is 0 Å². The van der Waals surface area contributed by atoms with Crippen LogP contribution < -0.4 is 10.2 Å². The van der Waals surface area contributed by atoms with Crippen LogP contribution in [0.3, 0.4) is 0 Å². The molecular weight excluding hydrogens is 437 g/mol. The maximum absolute atomic E-state index is 13.2. The van der Waals surface area contributed by atoms with Crippen molar-refractivity contribution in [1.29, 1.82) is 0 Å². The average molecular weight is 460 g/mol. The van der Waals surface area contributed by atoms with Crippen LogP contribution in [0.25, 0.3) is 10.2 Å². The zero-order valence-corrected chi connectivity index (χ0v) is 18.2. The number of piperidine rings is 1. The number of benzene rings is 1. The molecule has 9 nitrogen and oxygen atoms in total. The zero-order valence-electron chi connectivity index (χ0n) is 17.4. The first-order valence-corrected chi connectivity index (χ1v) is 11.1. The monoisotopic (exact) mass is 459 g/mol. The van der Waals surface area contributed by atoms with Crippen molar-refractivity contribution in [2.45, 2.75) is 26.3 Å². The van der Waals surface area contributed by atoms with E-state index in [-0.39, 0.29) is 22.7 Å². The predicted molar refractivity (Wildman–Crippen MR) is 119 cm³/mol. The summed E-state index contributed by atoms with van der Waals surface area (Å²) in [6, 6.07) is 7.54. The molecule has 0 aliphatic carbocycles. The predicted octanol–water partition coefficient (Wildman–Crippen LogP) is 4.13. The van der Waals surface area contributed by atoms with Gasteiger partial charge in [-0.2, -0.15) is 4.98 Å². The van der Waals surface area contributed by atoms with E-state index in [1.54, 1.807) is 19.1 Å². The minimum absolute atomic E-state index is 0.0164. The van der Waals surface area contributed by atoms with Crippen LogP contribution in [0.5, 0.6) is 0 Å². The Morgan fingerprint density at radius 1 is 1.31 bits per heavy atom. The van der Waals surface area contributed by atoms with Gasteiger partial charge >= 0.3 is 11.0 Å². The molecule has 0 unspecified atom stereocenters. The molecule has 0 atom stereocenters. The minimum atomic E-state index is -0.444. The molecule has 1 N–H and O–H groups in total. The Labute approximate surface area is 187 Å². The Hall–Kier alpha value is -3.34. The molecule has 4 rings (SSSR count). The second kappa shape index (κ2) is 9.43. The van der Waals surface area contributed by atoms with Crippen molar-refractivity contribution < 1.29 is 18.8 Å². The minimum Gasteiger partial charge on any atom is -0.466 e. The van der Waals surface area contributed by atoms with E-state index in [0.717, 1.165) is 16.9 Å². The van der Waals surface area contributed by atoms with E-state index >= 15 is 0 Å². The zero-order chi connectivity index (χ0) is 22.7. The number of aromatic nitrogens is 2. The van der Waals surface area contributed by atoms with Gasteiger partial charge in [-0.1, -0.05) is 12.1 Å². The molecule has 3 heterocycles. The second-order valence-corrected chi connectivity index (χ2v) is 8.44. The molecule has 3 aromatic rings. The normalized spacial score (nSPS) is 14.5. The van der Waals surface area contributed by atoms with Gasteiger partial charge in [0.15, 0.2) is 0 Å². The SMILES string of the molecule is CCOC(=O)C1CCN(c2nc(NCc3ccc(F)cc3)c3cc([N+](=O)[O-])sc3n2)CC1. The number of nitrogens with one attached hydrogen (secondary N) is 1. The molecule has 2 aromatic heterocycles. The Kier molecular flexibility index (Phi) is 6.45. The lowest BCUT2D eigenvalue weighted by Crippen LogP contribution is -2.38. The first kappa shape index (κ1) is 21.9. The highest BCUT2D eigenvalue weighted by Gasteiger charge is 2.28. The number of ether oxygens (including phenoxy) is 1. The van der Waals surface area contributed by atoms with Gasteiger partial charge in [-0.05, 0) is 48.8 Å². The van der Waals surface area contributed by atoms with Gasteiger partial charge in [0.2, 0.25) is 5.95 Å². The highest BCUT2D eigenvalue weighted by molar-refractivity contribution is 7.21. The molecule has 0 radical (unpaired) electrons. The Morgan fingerprint density at radius 3 is 2.69 bits per heavy atom. The van der Waals surface area contributed by atoms with Crippen molar-refractivity contribution >= 4 is 44.3 Å². The quantitative estimate of drug-likeness (QED) is 0.319. The number of hydrogen-bond acceptors (Lipinski definition) is 9. The second-order valence-electron chi connectivity index (χ2n) is 7.43. The lowest BCUT2D eigenvalue weighted by atomic mass is 9.97. The largest absolute Gasteiger partial charge is 0.466 e. The van der Waals surface area contributed by atoms with Crippen molar-refractivity contribution in [2.24, 2.45) is 5.92 Å². The fourth-order valence-electron chi connectivity index (χ4n) is 3.63. The summed E-state index contributed by atoms with van der Waals surface area (Å²) in [4.78, 5) is 34.5. The van der Waals surface area contributed by atoms with E-state index in [2.05, 4.69) is 15.3 Å². The molecule has 0 bridgehead atoms. The van der Waals surface area contributed by atoms with Crippen molar-refractivity contribution in [3.63, 3.8) is 0 Å². The van der Waals surface area contributed by atoms with E-state index in [1.807, 2.05) is 4.90 Å². The van der Waals surface area contributed by atoms with Gasteiger partial charge in [0.1, 0.15) is 16.5 Å².